The predicted octanol–water partition coefficient (Wildman–Crippen LogP) is 2.86. The highest BCUT2D eigenvalue weighted by Gasteiger charge is 2.24. The van der Waals surface area contributed by atoms with Gasteiger partial charge in [0.1, 0.15) is 18.7 Å². The summed E-state index contributed by atoms with van der Waals surface area (Å²) in [6.45, 7) is 3.02. The van der Waals surface area contributed by atoms with Crippen molar-refractivity contribution in [3.8, 4) is 11.4 Å². The highest BCUT2D eigenvalue weighted by atomic mass is 16.5. The number of rotatable bonds is 7. The van der Waals surface area contributed by atoms with Crippen LogP contribution in [-0.4, -0.2) is 37.7 Å². The molecule has 5 rings (SSSR count). The van der Waals surface area contributed by atoms with E-state index in [9.17, 15) is 9.59 Å². The van der Waals surface area contributed by atoms with Gasteiger partial charge in [0.15, 0.2) is 0 Å². The molecule has 1 amide bonds. The summed E-state index contributed by atoms with van der Waals surface area (Å²) >= 11 is 0. The van der Waals surface area contributed by atoms with Gasteiger partial charge in [0, 0.05) is 24.0 Å². The monoisotopic (exact) mass is 429 g/mol. The molecule has 0 radical (unpaired) electrons. The molecule has 8 nitrogen and oxygen atoms in total. The topological polar surface area (TPSA) is 91.0 Å². The predicted molar refractivity (Wildman–Crippen MR) is 120 cm³/mol. The molecule has 8 heteroatoms. The van der Waals surface area contributed by atoms with Crippen LogP contribution in [0.4, 0.5) is 0 Å². The third-order valence-corrected chi connectivity index (χ3v) is 5.55. The van der Waals surface area contributed by atoms with E-state index in [1.165, 1.54) is 10.9 Å². The lowest BCUT2D eigenvalue weighted by atomic mass is 10.1. The van der Waals surface area contributed by atoms with E-state index in [0.29, 0.717) is 41.1 Å². The number of aryl methyl sites for hydroxylation is 1. The fourth-order valence-electron chi connectivity index (χ4n) is 3.56. The first-order valence-corrected chi connectivity index (χ1v) is 10.6. The van der Waals surface area contributed by atoms with Crippen LogP contribution in [0.5, 0.6) is 5.75 Å². The summed E-state index contributed by atoms with van der Waals surface area (Å²) < 4.78 is 9.24. The normalized spacial score (nSPS) is 13.3. The van der Waals surface area contributed by atoms with Gasteiger partial charge in [0.05, 0.1) is 29.5 Å². The maximum absolute atomic E-state index is 13.3. The summed E-state index contributed by atoms with van der Waals surface area (Å²) in [7, 11) is 0. The van der Waals surface area contributed by atoms with Gasteiger partial charge >= 0.3 is 0 Å². The van der Waals surface area contributed by atoms with E-state index in [1.54, 1.807) is 42.9 Å². The summed E-state index contributed by atoms with van der Waals surface area (Å²) in [6.07, 6.45) is 8.86. The molecular weight excluding hydrogens is 406 g/mol. The SMILES string of the molecule is Cc1ccc(C(=O)NC2CC2)cc1-n1cnc2ccc(OCCn3ccnc3)cc2c1=O. The van der Waals surface area contributed by atoms with Crippen molar-refractivity contribution in [3.05, 3.63) is 82.9 Å². The maximum atomic E-state index is 13.3. The van der Waals surface area contributed by atoms with Gasteiger partial charge in [0.25, 0.3) is 11.5 Å². The Morgan fingerprint density at radius 2 is 2.06 bits per heavy atom. The lowest BCUT2D eigenvalue weighted by molar-refractivity contribution is 0.0951. The second-order valence-electron chi connectivity index (χ2n) is 8.00. The second-order valence-corrected chi connectivity index (χ2v) is 8.00. The Bertz CT molecular complexity index is 1340. The first-order valence-electron chi connectivity index (χ1n) is 10.6. The molecule has 0 atom stereocenters. The Morgan fingerprint density at radius 1 is 1.19 bits per heavy atom. The van der Waals surface area contributed by atoms with Crippen molar-refractivity contribution in [2.24, 2.45) is 0 Å². The first kappa shape index (κ1) is 20.0. The smallest absolute Gasteiger partial charge is 0.265 e. The van der Waals surface area contributed by atoms with Gasteiger partial charge in [0.2, 0.25) is 0 Å². The molecule has 0 unspecified atom stereocenters. The Kier molecular flexibility index (Phi) is 5.18. The van der Waals surface area contributed by atoms with E-state index in [1.807, 2.05) is 23.8 Å². The third kappa shape index (κ3) is 4.12. The fraction of sp³-hybridized carbons (Fsp3) is 0.250. The standard InChI is InChI=1S/C24H23N5O3/c1-16-2-3-17(23(30)27-18-4-5-18)12-22(16)29-15-26-21-7-6-19(13-20(21)24(29)31)32-11-10-28-9-8-25-14-28/h2-3,6-9,12-15,18H,4-5,10-11H2,1H3,(H,27,30). The molecule has 1 saturated carbocycles. The van der Waals surface area contributed by atoms with Crippen LogP contribution in [0, 0.1) is 6.92 Å². The van der Waals surface area contributed by atoms with Gasteiger partial charge in [-0.15, -0.1) is 0 Å². The minimum absolute atomic E-state index is 0.121. The maximum Gasteiger partial charge on any atom is 0.265 e. The van der Waals surface area contributed by atoms with Gasteiger partial charge < -0.3 is 14.6 Å². The summed E-state index contributed by atoms with van der Waals surface area (Å²) in [4.78, 5) is 34.3. The number of fused-ring (bicyclic) bond motifs is 1. The van der Waals surface area contributed by atoms with Crippen molar-refractivity contribution in [2.45, 2.75) is 32.4 Å². The average molecular weight is 429 g/mol. The van der Waals surface area contributed by atoms with Gasteiger partial charge in [-0.2, -0.15) is 0 Å². The highest BCUT2D eigenvalue weighted by Crippen LogP contribution is 2.22. The third-order valence-electron chi connectivity index (χ3n) is 5.55. The molecule has 32 heavy (non-hydrogen) atoms. The number of hydrogen-bond donors (Lipinski definition) is 1. The number of carbonyl (C=O) groups excluding carboxylic acids is 1. The molecule has 1 aliphatic rings. The molecular formula is C24H23N5O3. The Hall–Kier alpha value is -3.94. The van der Waals surface area contributed by atoms with Crippen LogP contribution in [0.25, 0.3) is 16.6 Å². The zero-order chi connectivity index (χ0) is 22.1. The molecule has 2 aromatic heterocycles. The van der Waals surface area contributed by atoms with Gasteiger partial charge in [-0.25, -0.2) is 9.97 Å². The van der Waals surface area contributed by atoms with Crippen LogP contribution in [0.2, 0.25) is 0 Å². The number of benzene rings is 2. The van der Waals surface area contributed by atoms with Crippen LogP contribution in [-0.2, 0) is 6.54 Å². The van der Waals surface area contributed by atoms with Gasteiger partial charge in [-0.3, -0.25) is 14.2 Å². The number of ether oxygens (including phenoxy) is 1. The number of carbonyl (C=O) groups is 1. The van der Waals surface area contributed by atoms with Crippen LogP contribution in [0.1, 0.15) is 28.8 Å². The van der Waals surface area contributed by atoms with Gasteiger partial charge in [-0.05, 0) is 55.7 Å². The lowest BCUT2D eigenvalue weighted by Gasteiger charge is -2.13. The Labute approximate surface area is 184 Å². The van der Waals surface area contributed by atoms with Crippen LogP contribution >= 0.6 is 0 Å². The van der Waals surface area contributed by atoms with Gasteiger partial charge in [-0.1, -0.05) is 6.07 Å². The quantitative estimate of drug-likeness (QED) is 0.488. The van der Waals surface area contributed by atoms with E-state index in [-0.39, 0.29) is 17.5 Å². The zero-order valence-electron chi connectivity index (χ0n) is 17.7. The fourth-order valence-corrected chi connectivity index (χ4v) is 3.56. The van der Waals surface area contributed by atoms with Crippen LogP contribution in [0.15, 0.2) is 66.2 Å². The number of nitrogens with one attached hydrogen (secondary N) is 1. The molecule has 0 aliphatic heterocycles. The zero-order valence-corrected chi connectivity index (χ0v) is 17.7. The van der Waals surface area contributed by atoms with Crippen molar-refractivity contribution < 1.29 is 9.53 Å². The summed E-state index contributed by atoms with van der Waals surface area (Å²) in [6, 6.07) is 10.9. The first-order chi connectivity index (χ1) is 15.6. The summed E-state index contributed by atoms with van der Waals surface area (Å²) in [5.41, 5.74) is 2.43. The molecule has 1 N–H and O–H groups in total. The Balaban J connectivity index is 1.44. The van der Waals surface area contributed by atoms with E-state index in [2.05, 4.69) is 15.3 Å². The van der Waals surface area contributed by atoms with Crippen LogP contribution in [0.3, 0.4) is 0 Å². The number of hydrogen-bond acceptors (Lipinski definition) is 5. The number of imidazole rings is 1. The molecule has 4 aromatic rings. The van der Waals surface area contributed by atoms with E-state index < -0.39 is 0 Å². The largest absolute Gasteiger partial charge is 0.492 e. The molecule has 0 bridgehead atoms. The van der Waals surface area contributed by atoms with Crippen molar-refractivity contribution in [3.63, 3.8) is 0 Å². The number of aromatic nitrogens is 4. The summed E-state index contributed by atoms with van der Waals surface area (Å²) in [5, 5.41) is 3.44. The van der Waals surface area contributed by atoms with E-state index in [0.717, 1.165) is 18.4 Å². The molecule has 0 spiro atoms. The number of amides is 1. The molecule has 162 valence electrons. The minimum Gasteiger partial charge on any atom is -0.492 e. The van der Waals surface area contributed by atoms with Crippen molar-refractivity contribution in [1.29, 1.82) is 0 Å². The van der Waals surface area contributed by atoms with Crippen molar-refractivity contribution >= 4 is 16.8 Å². The van der Waals surface area contributed by atoms with Crippen LogP contribution < -0.4 is 15.6 Å². The molecule has 1 aliphatic carbocycles. The summed E-state index contributed by atoms with van der Waals surface area (Å²) in [5.74, 6) is 0.479. The lowest BCUT2D eigenvalue weighted by Crippen LogP contribution is -2.26. The molecule has 2 heterocycles. The van der Waals surface area contributed by atoms with Crippen molar-refractivity contribution in [1.82, 2.24) is 24.4 Å². The Morgan fingerprint density at radius 3 is 2.84 bits per heavy atom. The second kappa shape index (κ2) is 8.30. The number of nitrogens with zero attached hydrogens (tertiary/aromatic N) is 4. The molecule has 0 saturated heterocycles. The minimum atomic E-state index is -0.210. The highest BCUT2D eigenvalue weighted by molar-refractivity contribution is 5.95. The molecule has 2 aromatic carbocycles. The van der Waals surface area contributed by atoms with E-state index >= 15 is 0 Å². The average Bonchev–Trinajstić information content (AvgIpc) is 3.46. The molecule has 1 fully saturated rings. The van der Waals surface area contributed by atoms with E-state index in [4.69, 9.17) is 4.74 Å². The van der Waals surface area contributed by atoms with Crippen molar-refractivity contribution in [2.75, 3.05) is 6.61 Å².